The van der Waals surface area contributed by atoms with Crippen LogP contribution in [-0.2, 0) is 9.59 Å². The standard InChI is InChI=1S/C14H15F2NO4/c15-11-2-1-10(7-12(11)16)21-8-13(18)17-5-3-9(4-6-17)14(19)20/h1-2,7,9H,3-6,8H2,(H,19,20). The van der Waals surface area contributed by atoms with Gasteiger partial charge >= 0.3 is 5.97 Å². The van der Waals surface area contributed by atoms with Gasteiger partial charge in [0.2, 0.25) is 0 Å². The molecule has 0 atom stereocenters. The molecule has 1 amide bonds. The Kier molecular flexibility index (Phi) is 4.72. The predicted octanol–water partition coefficient (Wildman–Crippen LogP) is 1.67. The van der Waals surface area contributed by atoms with Crippen molar-refractivity contribution in [2.24, 2.45) is 5.92 Å². The molecule has 114 valence electrons. The highest BCUT2D eigenvalue weighted by Gasteiger charge is 2.27. The second-order valence-corrected chi connectivity index (χ2v) is 4.86. The van der Waals surface area contributed by atoms with Crippen LogP contribution in [0.5, 0.6) is 5.75 Å². The molecule has 1 aromatic carbocycles. The first-order chi connectivity index (χ1) is 9.97. The van der Waals surface area contributed by atoms with Gasteiger partial charge in [0.1, 0.15) is 5.75 Å². The number of hydrogen-bond acceptors (Lipinski definition) is 3. The van der Waals surface area contributed by atoms with Gasteiger partial charge in [-0.1, -0.05) is 0 Å². The topological polar surface area (TPSA) is 66.8 Å². The smallest absolute Gasteiger partial charge is 0.306 e. The van der Waals surface area contributed by atoms with E-state index in [2.05, 4.69) is 0 Å². The van der Waals surface area contributed by atoms with Gasteiger partial charge in [-0.2, -0.15) is 0 Å². The summed E-state index contributed by atoms with van der Waals surface area (Å²) in [6.45, 7) is 0.427. The lowest BCUT2D eigenvalue weighted by Gasteiger charge is -2.30. The van der Waals surface area contributed by atoms with Crippen molar-refractivity contribution in [3.63, 3.8) is 0 Å². The van der Waals surface area contributed by atoms with E-state index in [4.69, 9.17) is 9.84 Å². The van der Waals surface area contributed by atoms with Gasteiger partial charge in [-0.25, -0.2) is 8.78 Å². The Labute approximate surface area is 120 Å². The third kappa shape index (κ3) is 3.90. The zero-order valence-corrected chi connectivity index (χ0v) is 11.2. The maximum atomic E-state index is 13.0. The average molecular weight is 299 g/mol. The van der Waals surface area contributed by atoms with Crippen molar-refractivity contribution in [1.82, 2.24) is 4.90 Å². The van der Waals surface area contributed by atoms with Crippen LogP contribution in [0.2, 0.25) is 0 Å². The quantitative estimate of drug-likeness (QED) is 0.918. The lowest BCUT2D eigenvalue weighted by Crippen LogP contribution is -2.42. The molecule has 21 heavy (non-hydrogen) atoms. The van der Waals surface area contributed by atoms with Crippen molar-refractivity contribution in [3.05, 3.63) is 29.8 Å². The molecule has 0 aromatic heterocycles. The number of carboxylic acids is 1. The molecule has 1 aromatic rings. The van der Waals surface area contributed by atoms with Gasteiger partial charge < -0.3 is 14.7 Å². The number of ether oxygens (including phenoxy) is 1. The van der Waals surface area contributed by atoms with Crippen molar-refractivity contribution >= 4 is 11.9 Å². The summed E-state index contributed by atoms with van der Waals surface area (Å²) in [5.41, 5.74) is 0. The molecule has 7 heteroatoms. The minimum absolute atomic E-state index is 0.0719. The summed E-state index contributed by atoms with van der Waals surface area (Å²) >= 11 is 0. The predicted molar refractivity (Wildman–Crippen MR) is 68.8 cm³/mol. The molecule has 1 heterocycles. The second kappa shape index (κ2) is 6.51. The molecule has 0 radical (unpaired) electrons. The van der Waals surface area contributed by atoms with Gasteiger partial charge in [-0.15, -0.1) is 0 Å². The summed E-state index contributed by atoms with van der Waals surface area (Å²) in [4.78, 5) is 24.2. The van der Waals surface area contributed by atoms with Crippen LogP contribution in [0.1, 0.15) is 12.8 Å². The van der Waals surface area contributed by atoms with E-state index in [0.29, 0.717) is 25.9 Å². The van der Waals surface area contributed by atoms with E-state index >= 15 is 0 Å². The number of rotatable bonds is 4. The van der Waals surface area contributed by atoms with E-state index in [-0.39, 0.29) is 18.3 Å². The van der Waals surface area contributed by atoms with E-state index in [1.165, 1.54) is 11.0 Å². The van der Waals surface area contributed by atoms with E-state index in [1.54, 1.807) is 0 Å². The van der Waals surface area contributed by atoms with E-state index in [9.17, 15) is 18.4 Å². The summed E-state index contributed by atoms with van der Waals surface area (Å²) < 4.78 is 30.8. The highest BCUT2D eigenvalue weighted by molar-refractivity contribution is 5.78. The average Bonchev–Trinajstić information content (AvgIpc) is 2.48. The molecular weight excluding hydrogens is 284 g/mol. The number of aliphatic carboxylic acids is 1. The first kappa shape index (κ1) is 15.2. The molecule has 2 rings (SSSR count). The number of benzene rings is 1. The van der Waals surface area contributed by atoms with E-state index in [1.807, 2.05) is 0 Å². The Morgan fingerprint density at radius 3 is 2.48 bits per heavy atom. The van der Waals surface area contributed by atoms with Crippen LogP contribution < -0.4 is 4.74 Å². The number of likely N-dealkylation sites (tertiary alicyclic amines) is 1. The Hall–Kier alpha value is -2.18. The highest BCUT2D eigenvalue weighted by Crippen LogP contribution is 2.18. The van der Waals surface area contributed by atoms with Crippen LogP contribution in [0.3, 0.4) is 0 Å². The van der Waals surface area contributed by atoms with Gasteiger partial charge in [-0.05, 0) is 25.0 Å². The summed E-state index contributed by atoms with van der Waals surface area (Å²) in [6.07, 6.45) is 0.818. The van der Waals surface area contributed by atoms with Crippen LogP contribution in [-0.4, -0.2) is 41.6 Å². The SMILES string of the molecule is O=C(O)C1CCN(C(=O)COc2ccc(F)c(F)c2)CC1. The minimum Gasteiger partial charge on any atom is -0.484 e. The number of piperidine rings is 1. The number of nitrogens with zero attached hydrogens (tertiary/aromatic N) is 1. The fourth-order valence-electron chi connectivity index (χ4n) is 2.18. The summed E-state index contributed by atoms with van der Waals surface area (Å²) in [6, 6.07) is 3.04. The van der Waals surface area contributed by atoms with Gasteiger partial charge in [0, 0.05) is 19.2 Å². The van der Waals surface area contributed by atoms with Gasteiger partial charge in [0.25, 0.3) is 5.91 Å². The van der Waals surface area contributed by atoms with Crippen molar-refractivity contribution < 1.29 is 28.2 Å². The molecule has 1 aliphatic heterocycles. The maximum Gasteiger partial charge on any atom is 0.306 e. The van der Waals surface area contributed by atoms with Crippen LogP contribution in [0.15, 0.2) is 18.2 Å². The number of carbonyl (C=O) groups excluding carboxylic acids is 1. The third-order valence-corrected chi connectivity index (χ3v) is 3.45. The lowest BCUT2D eigenvalue weighted by molar-refractivity contribution is -0.146. The van der Waals surface area contributed by atoms with Crippen LogP contribution in [0.25, 0.3) is 0 Å². The van der Waals surface area contributed by atoms with Gasteiger partial charge in [0.05, 0.1) is 5.92 Å². The summed E-state index contributed by atoms with van der Waals surface area (Å²) in [5.74, 6) is -3.51. The molecule has 1 fully saturated rings. The lowest BCUT2D eigenvalue weighted by atomic mass is 9.97. The first-order valence-electron chi connectivity index (χ1n) is 6.56. The van der Waals surface area contributed by atoms with Gasteiger partial charge in [0.15, 0.2) is 18.2 Å². The molecule has 0 aliphatic carbocycles. The fourth-order valence-corrected chi connectivity index (χ4v) is 2.18. The molecule has 1 aliphatic rings. The Bertz CT molecular complexity index is 542. The Morgan fingerprint density at radius 2 is 1.90 bits per heavy atom. The number of carboxylic acid groups (broad SMARTS) is 1. The fraction of sp³-hybridized carbons (Fsp3) is 0.429. The molecule has 1 saturated heterocycles. The number of amides is 1. The Morgan fingerprint density at radius 1 is 1.24 bits per heavy atom. The molecule has 1 N–H and O–H groups in total. The van der Waals surface area contributed by atoms with Crippen molar-refractivity contribution in [1.29, 1.82) is 0 Å². The summed E-state index contributed by atoms with van der Waals surface area (Å²) in [7, 11) is 0. The van der Waals surface area contributed by atoms with Gasteiger partial charge in [-0.3, -0.25) is 9.59 Å². The monoisotopic (exact) mass is 299 g/mol. The van der Waals surface area contributed by atoms with E-state index < -0.39 is 23.5 Å². The molecule has 0 unspecified atom stereocenters. The largest absolute Gasteiger partial charge is 0.484 e. The number of halogens is 2. The zero-order valence-electron chi connectivity index (χ0n) is 11.2. The molecule has 0 spiro atoms. The van der Waals surface area contributed by atoms with E-state index in [0.717, 1.165) is 12.1 Å². The molecular formula is C14H15F2NO4. The normalized spacial score (nSPS) is 15.8. The van der Waals surface area contributed by atoms with Crippen molar-refractivity contribution in [2.45, 2.75) is 12.8 Å². The van der Waals surface area contributed by atoms with Crippen LogP contribution in [0.4, 0.5) is 8.78 Å². The van der Waals surface area contributed by atoms with Crippen LogP contribution >= 0.6 is 0 Å². The first-order valence-corrected chi connectivity index (χ1v) is 6.56. The summed E-state index contributed by atoms with van der Waals surface area (Å²) in [5, 5.41) is 8.87. The highest BCUT2D eigenvalue weighted by atomic mass is 19.2. The maximum absolute atomic E-state index is 13.0. The Balaban J connectivity index is 1.82. The molecule has 0 bridgehead atoms. The third-order valence-electron chi connectivity index (χ3n) is 3.45. The zero-order chi connectivity index (χ0) is 15.4. The minimum atomic E-state index is -1.04. The number of carbonyl (C=O) groups is 2. The van der Waals surface area contributed by atoms with Crippen molar-refractivity contribution in [2.75, 3.05) is 19.7 Å². The second-order valence-electron chi connectivity index (χ2n) is 4.86. The number of hydrogen-bond donors (Lipinski definition) is 1. The molecule has 0 saturated carbocycles. The van der Waals surface area contributed by atoms with Crippen LogP contribution in [0, 0.1) is 17.6 Å². The van der Waals surface area contributed by atoms with Crippen molar-refractivity contribution in [3.8, 4) is 5.75 Å². The molecule has 5 nitrogen and oxygen atoms in total.